The Bertz CT molecular complexity index is 1290. The number of methoxy groups -OCH3 is 1. The van der Waals surface area contributed by atoms with E-state index in [2.05, 4.69) is 10.3 Å². The van der Waals surface area contributed by atoms with Gasteiger partial charge >= 0.3 is 0 Å². The number of nitrogens with zero attached hydrogens (tertiary/aromatic N) is 2. The summed E-state index contributed by atoms with van der Waals surface area (Å²) in [5.41, 5.74) is 2.24. The quantitative estimate of drug-likeness (QED) is 0.255. The van der Waals surface area contributed by atoms with Crippen LogP contribution in [-0.2, 0) is 11.4 Å². The van der Waals surface area contributed by atoms with E-state index in [1.165, 1.54) is 31.0 Å². The van der Waals surface area contributed by atoms with Crippen LogP contribution in [0.2, 0.25) is 5.02 Å². The first-order chi connectivity index (χ1) is 16.4. The molecule has 0 atom stereocenters. The molecule has 1 saturated heterocycles. The summed E-state index contributed by atoms with van der Waals surface area (Å²) in [5.74, 6) is 0.765. The number of hydrogen-bond donors (Lipinski definition) is 1. The molecule has 3 aromatic rings. The standard InChI is InChI=1S/C24H18ClN3O5S/c1-32-21-12-16(4-11-20(21)33-14-15-2-9-19(10-3-15)28(30)31)13-22-23(29)27-24(34-22)26-18-7-5-17(25)6-8-18/h2-13H,14H2,1H3,(H,26,27,29)/b22-13-. The van der Waals surface area contributed by atoms with Gasteiger partial charge in [0.05, 0.1) is 22.6 Å². The molecule has 0 aromatic heterocycles. The van der Waals surface area contributed by atoms with Gasteiger partial charge in [0.1, 0.15) is 6.61 Å². The Labute approximate surface area is 204 Å². The van der Waals surface area contributed by atoms with Gasteiger partial charge in [-0.05, 0) is 77.5 Å². The molecule has 34 heavy (non-hydrogen) atoms. The fourth-order valence-corrected chi connectivity index (χ4v) is 4.00. The van der Waals surface area contributed by atoms with Crippen molar-refractivity contribution in [2.45, 2.75) is 6.61 Å². The number of ether oxygens (including phenoxy) is 2. The zero-order valence-electron chi connectivity index (χ0n) is 17.9. The van der Waals surface area contributed by atoms with Crippen molar-refractivity contribution >= 4 is 51.9 Å². The van der Waals surface area contributed by atoms with Crippen molar-refractivity contribution < 1.29 is 19.2 Å². The number of amides is 1. The fourth-order valence-electron chi connectivity index (χ4n) is 3.03. The van der Waals surface area contributed by atoms with Gasteiger partial charge in [0.2, 0.25) is 0 Å². The van der Waals surface area contributed by atoms with Crippen molar-refractivity contribution in [2.24, 2.45) is 4.99 Å². The van der Waals surface area contributed by atoms with Crippen LogP contribution in [-0.4, -0.2) is 23.1 Å². The van der Waals surface area contributed by atoms with Gasteiger partial charge in [0.25, 0.3) is 11.6 Å². The number of hydrogen-bond acceptors (Lipinski definition) is 7. The molecular weight excluding hydrogens is 478 g/mol. The Balaban J connectivity index is 1.46. The lowest BCUT2D eigenvalue weighted by molar-refractivity contribution is -0.384. The smallest absolute Gasteiger partial charge is 0.269 e. The number of non-ortho nitro benzene ring substituents is 1. The van der Waals surface area contributed by atoms with Crippen molar-refractivity contribution in [2.75, 3.05) is 7.11 Å². The fraction of sp³-hybridized carbons (Fsp3) is 0.0833. The lowest BCUT2D eigenvalue weighted by Crippen LogP contribution is -2.19. The minimum Gasteiger partial charge on any atom is -0.493 e. The van der Waals surface area contributed by atoms with Crippen LogP contribution in [0.25, 0.3) is 6.08 Å². The predicted octanol–water partition coefficient (Wildman–Crippen LogP) is 5.73. The second kappa shape index (κ2) is 10.4. The van der Waals surface area contributed by atoms with E-state index in [1.807, 2.05) is 6.07 Å². The number of nitro groups is 1. The molecule has 10 heteroatoms. The summed E-state index contributed by atoms with van der Waals surface area (Å²) in [6.45, 7) is 0.220. The van der Waals surface area contributed by atoms with E-state index in [1.54, 1.807) is 54.6 Å². The van der Waals surface area contributed by atoms with E-state index >= 15 is 0 Å². The highest BCUT2D eigenvalue weighted by molar-refractivity contribution is 8.18. The van der Waals surface area contributed by atoms with E-state index < -0.39 is 4.92 Å². The molecule has 1 aliphatic rings. The number of carbonyl (C=O) groups is 1. The molecular formula is C24H18ClN3O5S. The maximum Gasteiger partial charge on any atom is 0.269 e. The van der Waals surface area contributed by atoms with Crippen LogP contribution in [0.15, 0.2) is 76.6 Å². The lowest BCUT2D eigenvalue weighted by Gasteiger charge is -2.11. The van der Waals surface area contributed by atoms with Gasteiger partial charge in [-0.2, -0.15) is 0 Å². The number of aliphatic imine (C=N–C) groups is 1. The average molecular weight is 496 g/mol. The molecule has 0 bridgehead atoms. The summed E-state index contributed by atoms with van der Waals surface area (Å²) in [6.07, 6.45) is 1.74. The number of carbonyl (C=O) groups excluding carboxylic acids is 1. The number of benzene rings is 3. The summed E-state index contributed by atoms with van der Waals surface area (Å²) in [4.78, 5) is 27.6. The third-order valence-corrected chi connectivity index (χ3v) is 5.90. The highest BCUT2D eigenvalue weighted by Gasteiger charge is 2.24. The zero-order chi connectivity index (χ0) is 24.1. The third-order valence-electron chi connectivity index (χ3n) is 4.74. The Hall–Kier alpha value is -3.82. The Morgan fingerprint density at radius 3 is 2.50 bits per heavy atom. The van der Waals surface area contributed by atoms with E-state index in [0.717, 1.165) is 11.1 Å². The molecule has 1 aliphatic heterocycles. The van der Waals surface area contributed by atoms with E-state index in [0.29, 0.717) is 32.3 Å². The third kappa shape index (κ3) is 5.75. The maximum atomic E-state index is 12.4. The van der Waals surface area contributed by atoms with Crippen LogP contribution >= 0.6 is 23.4 Å². The zero-order valence-corrected chi connectivity index (χ0v) is 19.4. The molecule has 0 saturated carbocycles. The summed E-state index contributed by atoms with van der Waals surface area (Å²) in [5, 5.41) is 14.6. The van der Waals surface area contributed by atoms with Crippen molar-refractivity contribution in [1.82, 2.24) is 5.32 Å². The molecule has 4 rings (SSSR count). The molecule has 0 radical (unpaired) electrons. The van der Waals surface area contributed by atoms with Crippen LogP contribution < -0.4 is 14.8 Å². The van der Waals surface area contributed by atoms with Gasteiger partial charge in [-0.25, -0.2) is 4.99 Å². The molecule has 1 heterocycles. The van der Waals surface area contributed by atoms with Crippen LogP contribution in [0.1, 0.15) is 11.1 Å². The number of amidine groups is 1. The molecule has 0 spiro atoms. The topological polar surface area (TPSA) is 103 Å². The first-order valence-electron chi connectivity index (χ1n) is 10.0. The Morgan fingerprint density at radius 1 is 1.09 bits per heavy atom. The van der Waals surface area contributed by atoms with Gasteiger partial charge in [-0.15, -0.1) is 0 Å². The SMILES string of the molecule is COc1cc(/C=C2\SC(=Nc3ccc(Cl)cc3)NC2=O)ccc1OCc1ccc([N+](=O)[O-])cc1. The molecule has 1 fully saturated rings. The van der Waals surface area contributed by atoms with Crippen LogP contribution in [0, 0.1) is 10.1 Å². The highest BCUT2D eigenvalue weighted by Crippen LogP contribution is 2.33. The lowest BCUT2D eigenvalue weighted by atomic mass is 10.2. The number of rotatable bonds is 7. The number of nitrogens with one attached hydrogen (secondary N) is 1. The van der Waals surface area contributed by atoms with Crippen LogP contribution in [0.5, 0.6) is 11.5 Å². The molecule has 8 nitrogen and oxygen atoms in total. The Morgan fingerprint density at radius 2 is 1.82 bits per heavy atom. The number of halogens is 1. The van der Waals surface area contributed by atoms with Gasteiger partial charge in [-0.3, -0.25) is 14.9 Å². The van der Waals surface area contributed by atoms with Crippen molar-refractivity contribution in [3.8, 4) is 11.5 Å². The van der Waals surface area contributed by atoms with Gasteiger partial charge in [-0.1, -0.05) is 17.7 Å². The van der Waals surface area contributed by atoms with E-state index in [4.69, 9.17) is 21.1 Å². The summed E-state index contributed by atoms with van der Waals surface area (Å²) in [7, 11) is 1.53. The largest absolute Gasteiger partial charge is 0.493 e. The molecule has 172 valence electrons. The van der Waals surface area contributed by atoms with Crippen molar-refractivity contribution in [1.29, 1.82) is 0 Å². The maximum absolute atomic E-state index is 12.4. The van der Waals surface area contributed by atoms with Gasteiger partial charge in [0.15, 0.2) is 16.7 Å². The monoisotopic (exact) mass is 495 g/mol. The number of thioether (sulfide) groups is 1. The van der Waals surface area contributed by atoms with E-state index in [9.17, 15) is 14.9 Å². The molecule has 0 unspecified atom stereocenters. The first kappa shape index (κ1) is 23.3. The van der Waals surface area contributed by atoms with Crippen molar-refractivity contribution in [3.05, 3.63) is 97.9 Å². The predicted molar refractivity (Wildman–Crippen MR) is 133 cm³/mol. The second-order valence-electron chi connectivity index (χ2n) is 7.08. The van der Waals surface area contributed by atoms with Gasteiger partial charge < -0.3 is 14.8 Å². The molecule has 3 aromatic carbocycles. The number of nitro benzene ring substituents is 1. The van der Waals surface area contributed by atoms with Crippen LogP contribution in [0.3, 0.4) is 0 Å². The first-order valence-corrected chi connectivity index (χ1v) is 11.2. The Kier molecular flexibility index (Phi) is 7.15. The molecule has 0 aliphatic carbocycles. The highest BCUT2D eigenvalue weighted by atomic mass is 35.5. The molecule has 1 amide bonds. The van der Waals surface area contributed by atoms with Crippen molar-refractivity contribution in [3.63, 3.8) is 0 Å². The van der Waals surface area contributed by atoms with E-state index in [-0.39, 0.29) is 18.2 Å². The molecule has 1 N–H and O–H groups in total. The minimum absolute atomic E-state index is 0.0221. The summed E-state index contributed by atoms with van der Waals surface area (Å²) < 4.78 is 11.3. The summed E-state index contributed by atoms with van der Waals surface area (Å²) in [6, 6.07) is 18.5. The summed E-state index contributed by atoms with van der Waals surface area (Å²) >= 11 is 7.13. The van der Waals surface area contributed by atoms with Crippen LogP contribution in [0.4, 0.5) is 11.4 Å². The average Bonchev–Trinajstić information content (AvgIpc) is 3.18. The minimum atomic E-state index is -0.448. The van der Waals surface area contributed by atoms with Gasteiger partial charge in [0, 0.05) is 17.2 Å². The normalized spacial score (nSPS) is 15.4. The second-order valence-corrected chi connectivity index (χ2v) is 8.55.